The lowest BCUT2D eigenvalue weighted by Gasteiger charge is -2.18. The quantitative estimate of drug-likeness (QED) is 0.291. The minimum atomic E-state index is -3.13. The molecule has 0 aliphatic heterocycles. The number of amides is 2. The molecule has 0 bridgehead atoms. The fraction of sp³-hybridized carbons (Fsp3) is 0.286. The van der Waals surface area contributed by atoms with Gasteiger partial charge in [0.25, 0.3) is 5.92 Å². The van der Waals surface area contributed by atoms with Crippen LogP contribution < -0.4 is 20.1 Å². The number of benzene rings is 2. The monoisotopic (exact) mass is 455 g/mol. The molecule has 0 saturated carbocycles. The molecule has 0 aliphatic carbocycles. The second-order valence-corrected chi connectivity index (χ2v) is 6.81. The predicted octanol–water partition coefficient (Wildman–Crippen LogP) is 4.64. The third-order valence-corrected chi connectivity index (χ3v) is 4.24. The van der Waals surface area contributed by atoms with Gasteiger partial charge in [0.2, 0.25) is 11.8 Å². The van der Waals surface area contributed by atoms with Crippen molar-refractivity contribution >= 4 is 28.9 Å². The van der Waals surface area contributed by atoms with Crippen LogP contribution in [0, 0.1) is 11.3 Å². The molecule has 1 unspecified atom stereocenters. The van der Waals surface area contributed by atoms with Crippen LogP contribution in [0.5, 0.6) is 11.5 Å². The van der Waals surface area contributed by atoms with E-state index < -0.39 is 30.3 Å². The van der Waals surface area contributed by atoms with Crippen LogP contribution in [0.2, 0.25) is 0 Å². The van der Waals surface area contributed by atoms with Crippen molar-refractivity contribution in [3.63, 3.8) is 0 Å². The first kappa shape index (κ1) is 24.6. The first-order chi connectivity index (χ1) is 14.9. The normalized spacial score (nSPS) is 12.1. The number of halogens is 4. The van der Waals surface area contributed by atoms with Gasteiger partial charge in [-0.3, -0.25) is 9.59 Å². The summed E-state index contributed by atoms with van der Waals surface area (Å²) in [7, 11) is 1.21. The van der Waals surface area contributed by atoms with E-state index in [2.05, 4.69) is 15.4 Å². The van der Waals surface area contributed by atoms with Crippen molar-refractivity contribution in [3.05, 3.63) is 48.0 Å². The highest BCUT2D eigenvalue weighted by molar-refractivity contribution is 6.24. The van der Waals surface area contributed by atoms with Crippen molar-refractivity contribution < 1.29 is 36.6 Å². The zero-order valence-corrected chi connectivity index (χ0v) is 17.3. The second kappa shape index (κ2) is 10.1. The Bertz CT molecular complexity index is 1010. The summed E-state index contributed by atoms with van der Waals surface area (Å²) in [6.07, 6.45) is 0. The maximum Gasteiger partial charge on any atom is 0.387 e. The molecule has 2 amide bonds. The van der Waals surface area contributed by atoms with Gasteiger partial charge in [-0.05, 0) is 31.2 Å². The first-order valence-electron chi connectivity index (χ1n) is 9.20. The number of methoxy groups -OCH3 is 1. The highest BCUT2D eigenvalue weighted by Gasteiger charge is 2.30. The summed E-state index contributed by atoms with van der Waals surface area (Å²) < 4.78 is 61.2. The molecule has 1 atom stereocenters. The Labute approximate surface area is 181 Å². The molecule has 0 aromatic heterocycles. The molecule has 0 fully saturated rings. The van der Waals surface area contributed by atoms with E-state index >= 15 is 0 Å². The molecular weight excluding hydrogens is 434 g/mol. The highest BCUT2D eigenvalue weighted by Crippen LogP contribution is 2.32. The van der Waals surface area contributed by atoms with Gasteiger partial charge in [0.05, 0.1) is 7.11 Å². The van der Waals surface area contributed by atoms with Gasteiger partial charge in [0.15, 0.2) is 17.4 Å². The molecule has 2 rings (SSSR count). The Morgan fingerprint density at radius 1 is 1.00 bits per heavy atom. The number of hydrogen-bond donors (Lipinski definition) is 3. The van der Waals surface area contributed by atoms with Crippen molar-refractivity contribution in [3.8, 4) is 11.5 Å². The molecule has 0 spiro atoms. The summed E-state index contributed by atoms with van der Waals surface area (Å²) in [6.45, 7) is -1.14. The number of nitrogens with one attached hydrogen (secondary N) is 3. The van der Waals surface area contributed by atoms with E-state index in [1.54, 1.807) is 0 Å². The zero-order chi connectivity index (χ0) is 24.1. The van der Waals surface area contributed by atoms with Crippen LogP contribution in [0.3, 0.4) is 0 Å². The number of carbonyl (C=O) groups excluding carboxylic acids is 2. The van der Waals surface area contributed by atoms with Crippen molar-refractivity contribution in [2.24, 2.45) is 5.92 Å². The molecule has 0 radical (unpaired) electrons. The Kier molecular flexibility index (Phi) is 7.79. The summed E-state index contributed by atoms with van der Waals surface area (Å²) in [4.78, 5) is 25.3. The minimum Gasteiger partial charge on any atom is -0.493 e. The molecule has 0 aliphatic rings. The van der Waals surface area contributed by atoms with Gasteiger partial charge in [-0.15, -0.1) is 0 Å². The van der Waals surface area contributed by atoms with E-state index in [0.29, 0.717) is 6.92 Å². The van der Waals surface area contributed by atoms with E-state index in [0.717, 1.165) is 12.1 Å². The SMILES string of the molecule is COc1cc(NC(=O)C(C(C)=N)C(=O)Nc2cccc(C(C)(F)F)c2)ccc1OC(F)F. The lowest BCUT2D eigenvalue weighted by atomic mass is 10.0. The molecule has 7 nitrogen and oxygen atoms in total. The van der Waals surface area contributed by atoms with E-state index in [-0.39, 0.29) is 34.1 Å². The van der Waals surface area contributed by atoms with Crippen LogP contribution in [0.15, 0.2) is 42.5 Å². The van der Waals surface area contributed by atoms with Crippen LogP contribution in [-0.4, -0.2) is 31.2 Å². The Morgan fingerprint density at radius 2 is 1.59 bits per heavy atom. The average Bonchev–Trinajstić information content (AvgIpc) is 2.68. The number of ether oxygens (including phenoxy) is 2. The lowest BCUT2D eigenvalue weighted by Crippen LogP contribution is -2.38. The van der Waals surface area contributed by atoms with E-state index in [1.165, 1.54) is 44.4 Å². The fourth-order valence-corrected chi connectivity index (χ4v) is 2.75. The van der Waals surface area contributed by atoms with E-state index in [9.17, 15) is 27.2 Å². The van der Waals surface area contributed by atoms with Gasteiger partial charge < -0.3 is 25.5 Å². The third-order valence-electron chi connectivity index (χ3n) is 4.24. The highest BCUT2D eigenvalue weighted by atomic mass is 19.3. The van der Waals surface area contributed by atoms with Crippen LogP contribution in [-0.2, 0) is 15.5 Å². The second-order valence-electron chi connectivity index (χ2n) is 6.81. The number of anilines is 2. The average molecular weight is 455 g/mol. The van der Waals surface area contributed by atoms with Crippen LogP contribution >= 0.6 is 0 Å². The molecule has 172 valence electrons. The number of alkyl halides is 4. The molecule has 11 heteroatoms. The molecule has 0 saturated heterocycles. The minimum absolute atomic E-state index is 0.0308. The molecule has 2 aromatic rings. The molecule has 32 heavy (non-hydrogen) atoms. The van der Waals surface area contributed by atoms with Crippen molar-refractivity contribution in [2.45, 2.75) is 26.4 Å². The maximum atomic E-state index is 13.5. The largest absolute Gasteiger partial charge is 0.493 e. The van der Waals surface area contributed by atoms with Crippen molar-refractivity contribution in [2.75, 3.05) is 17.7 Å². The van der Waals surface area contributed by atoms with E-state index in [1.807, 2.05) is 0 Å². The number of rotatable bonds is 9. The summed E-state index contributed by atoms with van der Waals surface area (Å²) in [6, 6.07) is 8.55. The first-order valence-corrected chi connectivity index (χ1v) is 9.20. The summed E-state index contributed by atoms with van der Waals surface area (Å²) >= 11 is 0. The van der Waals surface area contributed by atoms with Gasteiger partial charge >= 0.3 is 6.61 Å². The summed E-state index contributed by atoms with van der Waals surface area (Å²) in [5.74, 6) is -6.86. The zero-order valence-electron chi connectivity index (χ0n) is 17.3. The van der Waals surface area contributed by atoms with Crippen LogP contribution in [0.1, 0.15) is 19.4 Å². The Morgan fingerprint density at radius 3 is 2.09 bits per heavy atom. The van der Waals surface area contributed by atoms with Gasteiger partial charge in [0, 0.05) is 35.6 Å². The van der Waals surface area contributed by atoms with Crippen LogP contribution in [0.25, 0.3) is 0 Å². The molecule has 3 N–H and O–H groups in total. The summed E-state index contributed by atoms with van der Waals surface area (Å²) in [5, 5.41) is 12.6. The maximum absolute atomic E-state index is 13.5. The van der Waals surface area contributed by atoms with Crippen molar-refractivity contribution in [1.82, 2.24) is 0 Å². The van der Waals surface area contributed by atoms with Gasteiger partial charge in [0.1, 0.15) is 0 Å². The smallest absolute Gasteiger partial charge is 0.387 e. The topological polar surface area (TPSA) is 101 Å². The predicted molar refractivity (Wildman–Crippen MR) is 110 cm³/mol. The van der Waals surface area contributed by atoms with Gasteiger partial charge in [-0.25, -0.2) is 8.78 Å². The lowest BCUT2D eigenvalue weighted by molar-refractivity contribution is -0.126. The molecule has 0 heterocycles. The van der Waals surface area contributed by atoms with Crippen LogP contribution in [0.4, 0.5) is 28.9 Å². The Hall–Kier alpha value is -3.63. The standard InChI is InChI=1S/C21H21F4N3O4/c1-11(26)17(18(29)27-13-6-4-5-12(9-13)21(2,24)25)19(30)28-14-7-8-15(32-20(22)23)16(10-14)31-3/h4-10,17,20,26H,1-3H3,(H,27,29)(H,28,30). The molecule has 2 aromatic carbocycles. The number of carbonyl (C=O) groups is 2. The summed E-state index contributed by atoms with van der Waals surface area (Å²) in [5.41, 5.74) is -0.508. The third kappa shape index (κ3) is 6.43. The fourth-order valence-electron chi connectivity index (χ4n) is 2.75. The number of hydrogen-bond acceptors (Lipinski definition) is 5. The molecular formula is C21H21F4N3O4. The Balaban J connectivity index is 2.19. The van der Waals surface area contributed by atoms with Gasteiger partial charge in [-0.2, -0.15) is 8.78 Å². The van der Waals surface area contributed by atoms with Gasteiger partial charge in [-0.1, -0.05) is 12.1 Å². The van der Waals surface area contributed by atoms with Crippen molar-refractivity contribution in [1.29, 1.82) is 5.41 Å². The van der Waals surface area contributed by atoms with E-state index in [4.69, 9.17) is 10.1 Å².